The molecule has 0 saturated heterocycles. The molecule has 0 aliphatic carbocycles. The summed E-state index contributed by atoms with van der Waals surface area (Å²) in [5, 5.41) is 0. The van der Waals surface area contributed by atoms with E-state index in [4.69, 9.17) is 4.74 Å². The van der Waals surface area contributed by atoms with Crippen LogP contribution in [0.3, 0.4) is 0 Å². The van der Waals surface area contributed by atoms with Gasteiger partial charge in [-0.25, -0.2) is 18.6 Å². The monoisotopic (exact) mass is 292 g/mol. The van der Waals surface area contributed by atoms with Crippen LogP contribution in [0.4, 0.5) is 8.78 Å². The van der Waals surface area contributed by atoms with Gasteiger partial charge in [-0.3, -0.25) is 0 Å². The van der Waals surface area contributed by atoms with Gasteiger partial charge in [-0.05, 0) is 31.2 Å². The van der Waals surface area contributed by atoms with Crippen molar-refractivity contribution in [1.82, 2.24) is 9.55 Å². The van der Waals surface area contributed by atoms with Crippen molar-refractivity contribution in [2.75, 3.05) is 6.61 Å². The highest BCUT2D eigenvalue weighted by atomic mass is 19.1. The molecule has 0 N–H and O–H groups in total. The van der Waals surface area contributed by atoms with Gasteiger partial charge in [0.15, 0.2) is 0 Å². The molecule has 0 aliphatic heterocycles. The van der Waals surface area contributed by atoms with Crippen molar-refractivity contribution in [2.24, 2.45) is 7.05 Å². The maximum Gasteiger partial charge on any atom is 0.341 e. The Kier molecular flexibility index (Phi) is 4.47. The van der Waals surface area contributed by atoms with Crippen molar-refractivity contribution >= 4 is 17.6 Å². The predicted molar refractivity (Wildman–Crippen MR) is 74.1 cm³/mol. The number of imidazole rings is 1. The van der Waals surface area contributed by atoms with Crippen LogP contribution in [-0.2, 0) is 16.6 Å². The molecule has 0 atom stereocenters. The van der Waals surface area contributed by atoms with Crippen LogP contribution in [0.25, 0.3) is 11.6 Å². The zero-order chi connectivity index (χ0) is 15.4. The first-order valence-corrected chi connectivity index (χ1v) is 6.34. The quantitative estimate of drug-likeness (QED) is 0.643. The van der Waals surface area contributed by atoms with Gasteiger partial charge in [0, 0.05) is 25.0 Å². The standard InChI is InChI=1S/C15H14F2N2O2/c1-3-21-15(20)12(14-18-6-7-19(14)2)9-10-8-11(16)4-5-13(10)17/h4-9H,3H2,1-2H3/b12-9-. The molecule has 2 rings (SSSR count). The Labute approximate surface area is 120 Å². The van der Waals surface area contributed by atoms with Gasteiger partial charge in [0.25, 0.3) is 0 Å². The van der Waals surface area contributed by atoms with E-state index in [2.05, 4.69) is 4.98 Å². The van der Waals surface area contributed by atoms with Crippen LogP contribution in [0.2, 0.25) is 0 Å². The van der Waals surface area contributed by atoms with E-state index in [1.54, 1.807) is 24.7 Å². The molecule has 0 radical (unpaired) electrons. The zero-order valence-corrected chi connectivity index (χ0v) is 11.6. The lowest BCUT2D eigenvalue weighted by Gasteiger charge is -2.08. The van der Waals surface area contributed by atoms with Crippen LogP contribution >= 0.6 is 0 Å². The highest BCUT2D eigenvalue weighted by Gasteiger charge is 2.18. The van der Waals surface area contributed by atoms with Gasteiger partial charge in [0.2, 0.25) is 0 Å². The number of esters is 1. The number of ether oxygens (including phenoxy) is 1. The van der Waals surface area contributed by atoms with Crippen LogP contribution < -0.4 is 0 Å². The molecule has 0 amide bonds. The van der Waals surface area contributed by atoms with Gasteiger partial charge in [0.05, 0.1) is 6.61 Å². The van der Waals surface area contributed by atoms with E-state index in [1.165, 1.54) is 12.3 Å². The van der Waals surface area contributed by atoms with E-state index in [1.807, 2.05) is 0 Å². The molecule has 0 fully saturated rings. The van der Waals surface area contributed by atoms with Crippen molar-refractivity contribution in [1.29, 1.82) is 0 Å². The minimum atomic E-state index is -0.643. The highest BCUT2D eigenvalue weighted by molar-refractivity contribution is 6.20. The van der Waals surface area contributed by atoms with Crippen molar-refractivity contribution in [3.8, 4) is 0 Å². The third-order valence-electron chi connectivity index (χ3n) is 2.82. The summed E-state index contributed by atoms with van der Waals surface area (Å²) in [7, 11) is 1.69. The Balaban J connectivity index is 2.54. The number of benzene rings is 1. The first-order valence-electron chi connectivity index (χ1n) is 6.34. The molecule has 0 unspecified atom stereocenters. The van der Waals surface area contributed by atoms with Crippen molar-refractivity contribution in [3.63, 3.8) is 0 Å². The van der Waals surface area contributed by atoms with Gasteiger partial charge in [0.1, 0.15) is 23.0 Å². The van der Waals surface area contributed by atoms with Crippen LogP contribution in [0.1, 0.15) is 18.3 Å². The molecule has 6 heteroatoms. The van der Waals surface area contributed by atoms with Crippen LogP contribution in [0.15, 0.2) is 30.6 Å². The van der Waals surface area contributed by atoms with Crippen LogP contribution in [0.5, 0.6) is 0 Å². The fourth-order valence-electron chi connectivity index (χ4n) is 1.83. The summed E-state index contributed by atoms with van der Waals surface area (Å²) in [6.45, 7) is 1.84. The second-order valence-electron chi connectivity index (χ2n) is 4.31. The number of halogens is 2. The minimum Gasteiger partial charge on any atom is -0.462 e. The fraction of sp³-hybridized carbons (Fsp3) is 0.200. The number of hydrogen-bond donors (Lipinski definition) is 0. The summed E-state index contributed by atoms with van der Waals surface area (Å²) in [6, 6.07) is 3.03. The van der Waals surface area contributed by atoms with Gasteiger partial charge in [-0.1, -0.05) is 0 Å². The number of rotatable bonds is 4. The van der Waals surface area contributed by atoms with E-state index in [9.17, 15) is 13.6 Å². The van der Waals surface area contributed by atoms with Crippen LogP contribution in [-0.4, -0.2) is 22.1 Å². The first kappa shape index (κ1) is 14.9. The molecule has 1 aromatic heterocycles. The summed E-state index contributed by atoms with van der Waals surface area (Å²) >= 11 is 0. The molecule has 2 aromatic rings. The molecule has 0 bridgehead atoms. The molecular weight excluding hydrogens is 278 g/mol. The number of nitrogens with zero attached hydrogens (tertiary/aromatic N) is 2. The van der Waals surface area contributed by atoms with Gasteiger partial charge >= 0.3 is 5.97 Å². The third kappa shape index (κ3) is 3.34. The second-order valence-corrected chi connectivity index (χ2v) is 4.31. The van der Waals surface area contributed by atoms with E-state index in [0.29, 0.717) is 5.82 Å². The Bertz CT molecular complexity index is 693. The van der Waals surface area contributed by atoms with Gasteiger partial charge in [-0.15, -0.1) is 0 Å². The molecular formula is C15H14F2N2O2. The third-order valence-corrected chi connectivity index (χ3v) is 2.82. The van der Waals surface area contributed by atoms with Gasteiger partial charge < -0.3 is 9.30 Å². The molecule has 0 aliphatic rings. The normalized spacial score (nSPS) is 11.5. The molecule has 4 nitrogen and oxygen atoms in total. The first-order chi connectivity index (χ1) is 10.0. The average molecular weight is 292 g/mol. The highest BCUT2D eigenvalue weighted by Crippen LogP contribution is 2.20. The SMILES string of the molecule is CCOC(=O)/C(=C\c1cc(F)ccc1F)c1nccn1C. The fourth-order valence-corrected chi connectivity index (χ4v) is 1.83. The molecule has 110 valence electrons. The Morgan fingerprint density at radius 3 is 2.81 bits per heavy atom. The number of aryl methyl sites for hydroxylation is 1. The smallest absolute Gasteiger partial charge is 0.341 e. The molecule has 1 heterocycles. The summed E-state index contributed by atoms with van der Waals surface area (Å²) in [6.07, 6.45) is 4.38. The largest absolute Gasteiger partial charge is 0.462 e. The number of carbonyl (C=O) groups is 1. The number of carbonyl (C=O) groups excluding carboxylic acids is 1. The molecule has 1 aromatic carbocycles. The summed E-state index contributed by atoms with van der Waals surface area (Å²) in [5.74, 6) is -1.55. The van der Waals surface area contributed by atoms with E-state index in [0.717, 1.165) is 18.2 Å². The van der Waals surface area contributed by atoms with E-state index < -0.39 is 17.6 Å². The predicted octanol–water partition coefficient (Wildman–Crippen LogP) is 2.80. The lowest BCUT2D eigenvalue weighted by atomic mass is 10.1. The Hall–Kier alpha value is -2.50. The second kappa shape index (κ2) is 6.30. The van der Waals surface area contributed by atoms with Crippen molar-refractivity contribution in [2.45, 2.75) is 6.92 Å². The summed E-state index contributed by atoms with van der Waals surface area (Å²) in [5.41, 5.74) is 0.0231. The summed E-state index contributed by atoms with van der Waals surface area (Å²) < 4.78 is 33.5. The topological polar surface area (TPSA) is 44.1 Å². The Morgan fingerprint density at radius 2 is 2.19 bits per heavy atom. The molecule has 21 heavy (non-hydrogen) atoms. The van der Waals surface area contributed by atoms with Crippen molar-refractivity contribution < 1.29 is 18.3 Å². The van der Waals surface area contributed by atoms with Crippen molar-refractivity contribution in [3.05, 3.63) is 53.6 Å². The average Bonchev–Trinajstić information content (AvgIpc) is 2.86. The number of aromatic nitrogens is 2. The maximum absolute atomic E-state index is 13.7. The lowest BCUT2D eigenvalue weighted by molar-refractivity contribution is -0.136. The van der Waals surface area contributed by atoms with Crippen LogP contribution in [0, 0.1) is 11.6 Å². The zero-order valence-electron chi connectivity index (χ0n) is 11.6. The number of hydrogen-bond acceptors (Lipinski definition) is 3. The Morgan fingerprint density at radius 1 is 1.43 bits per heavy atom. The molecule has 0 saturated carbocycles. The summed E-state index contributed by atoms with van der Waals surface area (Å²) in [4.78, 5) is 16.1. The lowest BCUT2D eigenvalue weighted by Crippen LogP contribution is -2.10. The van der Waals surface area contributed by atoms with Gasteiger partial charge in [-0.2, -0.15) is 0 Å². The maximum atomic E-state index is 13.7. The minimum absolute atomic E-state index is 0.0407. The van der Waals surface area contributed by atoms with E-state index >= 15 is 0 Å². The molecule has 0 spiro atoms. The van der Waals surface area contributed by atoms with E-state index in [-0.39, 0.29) is 17.7 Å².